The Morgan fingerprint density at radius 3 is 2.72 bits per heavy atom. The molecular weight excluding hydrogens is 370 g/mol. The molecule has 2 heterocycles. The van der Waals surface area contributed by atoms with Crippen molar-refractivity contribution in [3.63, 3.8) is 0 Å². The number of ether oxygens (including phenoxy) is 1. The van der Waals surface area contributed by atoms with Crippen LogP contribution in [0.2, 0.25) is 0 Å². The van der Waals surface area contributed by atoms with Crippen LogP contribution < -0.4 is 15.5 Å². The number of likely N-dealkylation sites (tertiary alicyclic amines) is 1. The summed E-state index contributed by atoms with van der Waals surface area (Å²) in [6, 6.07) is 8.00. The number of aliphatic imine (C=N–C) groups is 1. The second kappa shape index (κ2) is 8.71. The molecule has 1 atom stereocenters. The fourth-order valence-electron chi connectivity index (χ4n) is 3.72. The number of alkyl carbamates (subject to hydrolysis) is 1. The molecule has 3 rings (SSSR count). The average Bonchev–Trinajstić information content (AvgIpc) is 3.27. The van der Waals surface area contributed by atoms with Crippen LogP contribution in [0.3, 0.4) is 0 Å². The van der Waals surface area contributed by atoms with E-state index in [-0.39, 0.29) is 18.5 Å². The molecule has 1 saturated heterocycles. The first-order chi connectivity index (χ1) is 13.8. The summed E-state index contributed by atoms with van der Waals surface area (Å²) < 4.78 is 5.32. The van der Waals surface area contributed by atoms with E-state index in [1.807, 2.05) is 48.8 Å². The van der Waals surface area contributed by atoms with E-state index in [0.717, 1.165) is 25.1 Å². The van der Waals surface area contributed by atoms with Gasteiger partial charge in [-0.3, -0.25) is 9.79 Å². The van der Waals surface area contributed by atoms with Gasteiger partial charge in [0, 0.05) is 32.4 Å². The maximum absolute atomic E-state index is 12.7. The highest BCUT2D eigenvalue weighted by Crippen LogP contribution is 2.27. The van der Waals surface area contributed by atoms with Gasteiger partial charge in [-0.15, -0.1) is 0 Å². The summed E-state index contributed by atoms with van der Waals surface area (Å²) >= 11 is 0. The molecule has 0 aromatic heterocycles. The van der Waals surface area contributed by atoms with Crippen LogP contribution in [0.15, 0.2) is 29.3 Å². The number of carbonyl (C=O) groups excluding carboxylic acids is 2. The number of fused-ring (bicyclic) bond motifs is 1. The van der Waals surface area contributed by atoms with Crippen LogP contribution in [0.4, 0.5) is 10.5 Å². The molecule has 2 amide bonds. The van der Waals surface area contributed by atoms with Crippen molar-refractivity contribution < 1.29 is 14.3 Å². The monoisotopic (exact) mass is 401 g/mol. The summed E-state index contributed by atoms with van der Waals surface area (Å²) in [6.07, 6.45) is 1.28. The third kappa shape index (κ3) is 5.40. The number of hydrogen-bond acceptors (Lipinski definition) is 4. The lowest BCUT2D eigenvalue weighted by atomic mass is 10.2. The van der Waals surface area contributed by atoms with Gasteiger partial charge in [0.15, 0.2) is 5.96 Å². The van der Waals surface area contributed by atoms with Crippen molar-refractivity contribution in [3.8, 4) is 0 Å². The van der Waals surface area contributed by atoms with Gasteiger partial charge in [-0.2, -0.15) is 0 Å². The van der Waals surface area contributed by atoms with Gasteiger partial charge < -0.3 is 25.2 Å². The molecule has 2 N–H and O–H groups in total. The molecule has 2 aliphatic rings. The third-order valence-electron chi connectivity index (χ3n) is 5.01. The molecule has 0 bridgehead atoms. The molecule has 8 nitrogen and oxygen atoms in total. The van der Waals surface area contributed by atoms with E-state index < -0.39 is 11.7 Å². The summed E-state index contributed by atoms with van der Waals surface area (Å²) in [5.41, 5.74) is 1.69. The van der Waals surface area contributed by atoms with Crippen LogP contribution in [0.1, 0.15) is 32.8 Å². The van der Waals surface area contributed by atoms with Gasteiger partial charge in [-0.25, -0.2) is 4.79 Å². The van der Waals surface area contributed by atoms with Crippen LogP contribution in [-0.4, -0.2) is 67.7 Å². The Balaban J connectivity index is 1.49. The zero-order chi connectivity index (χ0) is 21.0. The minimum atomic E-state index is -0.519. The first kappa shape index (κ1) is 21.0. The standard InChI is InChI=1S/C21H31N5O3/c1-21(2,3)29-20(28)24-16-10-11-25(14-16)19(22-4)23-13-18(27)26-12-9-15-7-5-6-8-17(15)26/h5-8,16H,9-14H2,1-4H3,(H,22,23)(H,24,28). The highest BCUT2D eigenvalue weighted by Gasteiger charge is 2.29. The normalized spacial score (nSPS) is 19.2. The van der Waals surface area contributed by atoms with Crippen LogP contribution in [-0.2, 0) is 16.0 Å². The minimum Gasteiger partial charge on any atom is -0.444 e. The SMILES string of the molecule is CN=C(NCC(=O)N1CCc2ccccc21)N1CCC(NC(=O)OC(C)(C)C)C1. The van der Waals surface area contributed by atoms with Gasteiger partial charge >= 0.3 is 6.09 Å². The molecule has 1 aromatic carbocycles. The van der Waals surface area contributed by atoms with Gasteiger partial charge in [0.05, 0.1) is 12.6 Å². The molecule has 158 valence electrons. The van der Waals surface area contributed by atoms with Crippen molar-refractivity contribution in [2.75, 3.05) is 38.1 Å². The number of para-hydroxylation sites is 1. The summed E-state index contributed by atoms with van der Waals surface area (Å²) in [4.78, 5) is 32.9. The highest BCUT2D eigenvalue weighted by atomic mass is 16.6. The Kier molecular flexibility index (Phi) is 6.30. The molecule has 2 aliphatic heterocycles. The third-order valence-corrected chi connectivity index (χ3v) is 5.01. The maximum atomic E-state index is 12.7. The number of carbonyl (C=O) groups is 2. The lowest BCUT2D eigenvalue weighted by Gasteiger charge is -2.24. The number of anilines is 1. The van der Waals surface area contributed by atoms with Crippen molar-refractivity contribution in [1.82, 2.24) is 15.5 Å². The van der Waals surface area contributed by atoms with E-state index in [1.54, 1.807) is 7.05 Å². The summed E-state index contributed by atoms with van der Waals surface area (Å²) in [5.74, 6) is 0.693. The molecule has 1 unspecified atom stereocenters. The fraction of sp³-hybridized carbons (Fsp3) is 0.571. The number of rotatable bonds is 3. The van der Waals surface area contributed by atoms with Gasteiger partial charge in [-0.05, 0) is 45.2 Å². The van der Waals surface area contributed by atoms with E-state index in [0.29, 0.717) is 19.0 Å². The predicted molar refractivity (Wildman–Crippen MR) is 113 cm³/mol. The number of amides is 2. The van der Waals surface area contributed by atoms with Gasteiger partial charge in [0.1, 0.15) is 5.60 Å². The quantitative estimate of drug-likeness (QED) is 0.595. The molecule has 0 aliphatic carbocycles. The first-order valence-electron chi connectivity index (χ1n) is 10.1. The van der Waals surface area contributed by atoms with Crippen LogP contribution in [0, 0.1) is 0 Å². The Morgan fingerprint density at radius 2 is 2.00 bits per heavy atom. The first-order valence-corrected chi connectivity index (χ1v) is 10.1. The lowest BCUT2D eigenvalue weighted by Crippen LogP contribution is -2.47. The average molecular weight is 402 g/mol. The summed E-state index contributed by atoms with van der Waals surface area (Å²) in [6.45, 7) is 7.80. The molecule has 29 heavy (non-hydrogen) atoms. The second-order valence-electron chi connectivity index (χ2n) is 8.40. The van der Waals surface area contributed by atoms with E-state index in [1.165, 1.54) is 5.56 Å². The molecule has 8 heteroatoms. The number of nitrogens with one attached hydrogen (secondary N) is 2. The molecule has 0 saturated carbocycles. The van der Waals surface area contributed by atoms with Crippen molar-refractivity contribution in [3.05, 3.63) is 29.8 Å². The molecule has 0 spiro atoms. The largest absolute Gasteiger partial charge is 0.444 e. The smallest absolute Gasteiger partial charge is 0.407 e. The zero-order valence-electron chi connectivity index (χ0n) is 17.7. The van der Waals surface area contributed by atoms with Gasteiger partial charge in [-0.1, -0.05) is 18.2 Å². The van der Waals surface area contributed by atoms with Gasteiger partial charge in [0.2, 0.25) is 5.91 Å². The predicted octanol–water partition coefficient (Wildman–Crippen LogP) is 1.75. The maximum Gasteiger partial charge on any atom is 0.407 e. The Bertz CT molecular complexity index is 787. The molecule has 0 radical (unpaired) electrons. The number of benzene rings is 1. The van der Waals surface area contributed by atoms with Gasteiger partial charge in [0.25, 0.3) is 0 Å². The van der Waals surface area contributed by atoms with Crippen LogP contribution in [0.25, 0.3) is 0 Å². The number of nitrogens with zero attached hydrogens (tertiary/aromatic N) is 3. The van der Waals surface area contributed by atoms with Crippen molar-refractivity contribution in [1.29, 1.82) is 0 Å². The molecule has 1 aromatic rings. The second-order valence-corrected chi connectivity index (χ2v) is 8.40. The minimum absolute atomic E-state index is 0.00967. The topological polar surface area (TPSA) is 86.3 Å². The lowest BCUT2D eigenvalue weighted by molar-refractivity contribution is -0.117. The Labute approximate surface area is 172 Å². The summed E-state index contributed by atoms with van der Waals surface area (Å²) in [5, 5.41) is 6.08. The number of guanidine groups is 1. The van der Waals surface area contributed by atoms with E-state index >= 15 is 0 Å². The van der Waals surface area contributed by atoms with E-state index in [2.05, 4.69) is 21.7 Å². The Morgan fingerprint density at radius 1 is 1.24 bits per heavy atom. The molecular formula is C21H31N5O3. The van der Waals surface area contributed by atoms with Crippen molar-refractivity contribution >= 4 is 23.6 Å². The van der Waals surface area contributed by atoms with E-state index in [4.69, 9.17) is 4.74 Å². The number of hydrogen-bond donors (Lipinski definition) is 2. The molecule has 1 fully saturated rings. The van der Waals surface area contributed by atoms with Crippen LogP contribution in [0.5, 0.6) is 0 Å². The highest BCUT2D eigenvalue weighted by molar-refractivity contribution is 5.98. The van der Waals surface area contributed by atoms with E-state index in [9.17, 15) is 9.59 Å². The fourth-order valence-corrected chi connectivity index (χ4v) is 3.72. The van der Waals surface area contributed by atoms with Crippen LogP contribution >= 0.6 is 0 Å². The summed E-state index contributed by atoms with van der Waals surface area (Å²) in [7, 11) is 1.70. The zero-order valence-corrected chi connectivity index (χ0v) is 17.7. The van der Waals surface area contributed by atoms with Crippen molar-refractivity contribution in [2.45, 2.75) is 45.3 Å². The Hall–Kier alpha value is -2.77. The van der Waals surface area contributed by atoms with Crippen molar-refractivity contribution in [2.24, 2.45) is 4.99 Å².